The van der Waals surface area contributed by atoms with Gasteiger partial charge in [-0.2, -0.15) is 0 Å². The molecule has 0 aliphatic rings. The molecule has 0 heterocycles. The Morgan fingerprint density at radius 3 is 1.97 bits per heavy atom. The largest absolute Gasteiger partial charge is 0.480 e. The van der Waals surface area contributed by atoms with Crippen molar-refractivity contribution in [3.8, 4) is 0 Å². The summed E-state index contributed by atoms with van der Waals surface area (Å²) in [5.41, 5.74) is 6.84. The lowest BCUT2D eigenvalue weighted by Crippen LogP contribution is -2.59. The van der Waals surface area contributed by atoms with Crippen LogP contribution in [0.15, 0.2) is 30.3 Å². The van der Waals surface area contributed by atoms with E-state index < -0.39 is 61.1 Å². The van der Waals surface area contributed by atoms with Crippen LogP contribution in [0.25, 0.3) is 0 Å². The summed E-state index contributed by atoms with van der Waals surface area (Å²) in [7, 11) is 0. The van der Waals surface area contributed by atoms with E-state index in [0.717, 1.165) is 5.56 Å². The lowest BCUT2D eigenvalue weighted by atomic mass is 9.97. The Balaban J connectivity index is 2.84. The first kappa shape index (κ1) is 27.0. The first-order valence-electron chi connectivity index (χ1n) is 10.3. The Morgan fingerprint density at radius 1 is 0.906 bits per heavy atom. The lowest BCUT2D eigenvalue weighted by molar-refractivity contribution is -0.143. The van der Waals surface area contributed by atoms with E-state index in [1.54, 1.807) is 6.92 Å². The van der Waals surface area contributed by atoms with Gasteiger partial charge in [-0.15, -0.1) is 0 Å². The minimum absolute atomic E-state index is 0.265. The summed E-state index contributed by atoms with van der Waals surface area (Å²) in [5, 5.41) is 34.4. The van der Waals surface area contributed by atoms with Gasteiger partial charge >= 0.3 is 5.97 Å². The molecule has 0 saturated heterocycles. The van der Waals surface area contributed by atoms with Crippen LogP contribution in [0.5, 0.6) is 0 Å². The van der Waals surface area contributed by atoms with Crippen LogP contribution >= 0.6 is 0 Å². The molecular formula is C21H32N4O7. The zero-order chi connectivity index (χ0) is 24.3. The number of carbonyl (C=O) groups excluding carboxylic acids is 3. The molecule has 0 radical (unpaired) electrons. The second kappa shape index (κ2) is 13.4. The number of rotatable bonds is 13. The summed E-state index contributed by atoms with van der Waals surface area (Å²) >= 11 is 0. The van der Waals surface area contributed by atoms with Gasteiger partial charge in [0.05, 0.1) is 19.3 Å². The smallest absolute Gasteiger partial charge is 0.328 e. The van der Waals surface area contributed by atoms with Gasteiger partial charge in [0, 0.05) is 0 Å². The molecule has 1 rings (SSSR count). The van der Waals surface area contributed by atoms with Gasteiger partial charge < -0.3 is 37.0 Å². The maximum absolute atomic E-state index is 12.8. The summed E-state index contributed by atoms with van der Waals surface area (Å²) in [5.74, 6) is -4.07. The van der Waals surface area contributed by atoms with Crippen molar-refractivity contribution < 1.29 is 34.5 Å². The second-order valence-electron chi connectivity index (χ2n) is 7.49. The average Bonchev–Trinajstić information content (AvgIpc) is 2.78. The molecule has 32 heavy (non-hydrogen) atoms. The molecule has 1 aromatic carbocycles. The Kier molecular flexibility index (Phi) is 11.3. The number of nitrogens with one attached hydrogen (secondary N) is 3. The predicted molar refractivity (Wildman–Crippen MR) is 115 cm³/mol. The summed E-state index contributed by atoms with van der Waals surface area (Å²) in [6, 6.07) is 4.12. The Hall–Kier alpha value is -3.02. The highest BCUT2D eigenvalue weighted by atomic mass is 16.4. The standard InChI is InChI=1S/C21H32N4O7/c1-3-12(2)17(25-18(28)14(22)9-13-7-5-4-6-8-13)20(30)23-15(10-26)19(29)24-16(11-27)21(31)32/h4-8,12,14-17,26-27H,3,9-11,22H2,1-2H3,(H,23,30)(H,24,29)(H,25,28)(H,31,32). The van der Waals surface area contributed by atoms with E-state index in [-0.39, 0.29) is 12.3 Å². The summed E-state index contributed by atoms with van der Waals surface area (Å²) < 4.78 is 0. The van der Waals surface area contributed by atoms with E-state index in [0.29, 0.717) is 6.42 Å². The van der Waals surface area contributed by atoms with E-state index >= 15 is 0 Å². The minimum Gasteiger partial charge on any atom is -0.480 e. The van der Waals surface area contributed by atoms with Crippen molar-refractivity contribution in [2.75, 3.05) is 13.2 Å². The van der Waals surface area contributed by atoms with Crippen LogP contribution in [0.2, 0.25) is 0 Å². The summed E-state index contributed by atoms with van der Waals surface area (Å²) in [4.78, 5) is 48.6. The van der Waals surface area contributed by atoms with Crippen molar-refractivity contribution >= 4 is 23.7 Å². The van der Waals surface area contributed by atoms with Crippen molar-refractivity contribution in [2.45, 2.75) is 50.9 Å². The SMILES string of the molecule is CCC(C)C(NC(=O)C(N)Cc1ccccc1)C(=O)NC(CO)C(=O)NC(CO)C(=O)O. The molecule has 0 aliphatic carbocycles. The van der Waals surface area contributed by atoms with E-state index in [1.807, 2.05) is 42.6 Å². The second-order valence-corrected chi connectivity index (χ2v) is 7.49. The number of hydrogen-bond donors (Lipinski definition) is 7. The molecule has 11 heteroatoms. The number of nitrogens with two attached hydrogens (primary N) is 1. The van der Waals surface area contributed by atoms with Gasteiger partial charge in [-0.1, -0.05) is 50.6 Å². The van der Waals surface area contributed by atoms with E-state index in [9.17, 15) is 24.3 Å². The predicted octanol–water partition coefficient (Wildman–Crippen LogP) is -1.87. The monoisotopic (exact) mass is 452 g/mol. The fourth-order valence-electron chi connectivity index (χ4n) is 2.84. The number of carbonyl (C=O) groups is 4. The van der Waals surface area contributed by atoms with Crippen molar-refractivity contribution in [2.24, 2.45) is 11.7 Å². The van der Waals surface area contributed by atoms with Gasteiger partial charge in [0.2, 0.25) is 17.7 Å². The zero-order valence-corrected chi connectivity index (χ0v) is 18.2. The van der Waals surface area contributed by atoms with Gasteiger partial charge in [0.1, 0.15) is 18.1 Å². The normalized spacial score (nSPS) is 15.5. The van der Waals surface area contributed by atoms with Crippen LogP contribution in [0.4, 0.5) is 0 Å². The fourth-order valence-corrected chi connectivity index (χ4v) is 2.84. The number of aliphatic hydroxyl groups excluding tert-OH is 2. The zero-order valence-electron chi connectivity index (χ0n) is 18.2. The van der Waals surface area contributed by atoms with E-state index in [2.05, 4.69) is 10.6 Å². The Morgan fingerprint density at radius 2 is 1.47 bits per heavy atom. The lowest BCUT2D eigenvalue weighted by Gasteiger charge is -2.27. The van der Waals surface area contributed by atoms with Crippen molar-refractivity contribution in [3.05, 3.63) is 35.9 Å². The van der Waals surface area contributed by atoms with Crippen molar-refractivity contribution in [1.82, 2.24) is 16.0 Å². The molecule has 178 valence electrons. The van der Waals surface area contributed by atoms with Crippen LogP contribution in [0.3, 0.4) is 0 Å². The number of aliphatic hydroxyl groups is 2. The highest BCUT2D eigenvalue weighted by molar-refractivity contribution is 5.94. The number of amides is 3. The third-order valence-electron chi connectivity index (χ3n) is 5.04. The van der Waals surface area contributed by atoms with Crippen molar-refractivity contribution in [1.29, 1.82) is 0 Å². The molecule has 3 amide bonds. The molecule has 0 aromatic heterocycles. The molecule has 11 nitrogen and oxygen atoms in total. The molecule has 0 bridgehead atoms. The highest BCUT2D eigenvalue weighted by Gasteiger charge is 2.32. The molecule has 0 fully saturated rings. The molecule has 5 atom stereocenters. The number of carboxylic acids is 1. The molecule has 8 N–H and O–H groups in total. The maximum atomic E-state index is 12.8. The summed E-state index contributed by atoms with van der Waals surface area (Å²) in [6.07, 6.45) is 0.787. The number of hydrogen-bond acceptors (Lipinski definition) is 7. The number of aliphatic carboxylic acids is 1. The third-order valence-corrected chi connectivity index (χ3v) is 5.04. The van der Waals surface area contributed by atoms with Gasteiger partial charge in [-0.25, -0.2) is 4.79 Å². The number of carboxylic acid groups (broad SMARTS) is 1. The number of benzene rings is 1. The average molecular weight is 453 g/mol. The van der Waals surface area contributed by atoms with Crippen LogP contribution in [0, 0.1) is 5.92 Å². The van der Waals surface area contributed by atoms with Gasteiger partial charge in [-0.3, -0.25) is 14.4 Å². The molecular weight excluding hydrogens is 420 g/mol. The maximum Gasteiger partial charge on any atom is 0.328 e. The summed E-state index contributed by atoms with van der Waals surface area (Å²) in [6.45, 7) is 1.87. The van der Waals surface area contributed by atoms with E-state index in [1.165, 1.54) is 0 Å². The molecule has 0 aliphatic heterocycles. The fraction of sp³-hybridized carbons (Fsp3) is 0.524. The van der Waals surface area contributed by atoms with Crippen LogP contribution in [-0.4, -0.2) is 76.4 Å². The van der Waals surface area contributed by atoms with Gasteiger partial charge in [0.25, 0.3) is 0 Å². The highest BCUT2D eigenvalue weighted by Crippen LogP contribution is 2.10. The minimum atomic E-state index is -1.59. The van der Waals surface area contributed by atoms with Gasteiger partial charge in [-0.05, 0) is 17.9 Å². The first-order chi connectivity index (χ1) is 15.1. The van der Waals surface area contributed by atoms with Gasteiger partial charge in [0.15, 0.2) is 0 Å². The van der Waals surface area contributed by atoms with E-state index in [4.69, 9.17) is 15.9 Å². The molecule has 0 saturated carbocycles. The first-order valence-corrected chi connectivity index (χ1v) is 10.3. The Bertz CT molecular complexity index is 775. The van der Waals surface area contributed by atoms with Crippen LogP contribution in [0.1, 0.15) is 25.8 Å². The third kappa shape index (κ3) is 8.25. The topological polar surface area (TPSA) is 191 Å². The van der Waals surface area contributed by atoms with Crippen molar-refractivity contribution in [3.63, 3.8) is 0 Å². The Labute approximate surface area is 186 Å². The van der Waals surface area contributed by atoms with Crippen LogP contribution < -0.4 is 21.7 Å². The quantitative estimate of drug-likeness (QED) is 0.181. The molecule has 0 spiro atoms. The van der Waals surface area contributed by atoms with Crippen LogP contribution in [-0.2, 0) is 25.6 Å². The molecule has 5 unspecified atom stereocenters. The molecule has 1 aromatic rings.